The molecule has 11 nitrogen and oxygen atoms in total. The highest BCUT2D eigenvalue weighted by atomic mass is 16.6. The molecule has 1 N–H and O–H groups in total. The largest absolute Gasteiger partial charge is 0.472 e. The summed E-state index contributed by atoms with van der Waals surface area (Å²) in [5.74, 6) is -0.791. The van der Waals surface area contributed by atoms with E-state index in [-0.39, 0.29) is 23.3 Å². The molecule has 0 spiro atoms. The fourth-order valence-electron chi connectivity index (χ4n) is 2.74. The van der Waals surface area contributed by atoms with Gasteiger partial charge in [-0.2, -0.15) is 5.10 Å². The zero-order valence-corrected chi connectivity index (χ0v) is 16.6. The number of carbonyl (C=O) groups is 1. The van der Waals surface area contributed by atoms with Gasteiger partial charge in [0.05, 0.1) is 28.6 Å². The zero-order chi connectivity index (χ0) is 22.5. The molecule has 0 amide bonds. The van der Waals surface area contributed by atoms with Crippen molar-refractivity contribution in [1.29, 1.82) is 0 Å². The van der Waals surface area contributed by atoms with Gasteiger partial charge < -0.3 is 14.5 Å². The van der Waals surface area contributed by atoms with Crippen molar-refractivity contribution < 1.29 is 19.2 Å². The molecule has 0 fully saturated rings. The first-order chi connectivity index (χ1) is 14.8. The molecule has 0 aliphatic rings. The van der Waals surface area contributed by atoms with Crippen LogP contribution in [0.5, 0.6) is 5.75 Å². The quantitative estimate of drug-likeness (QED) is 0.262. The molecule has 1 atom stereocenters. The molecule has 1 heterocycles. The lowest BCUT2D eigenvalue weighted by Gasteiger charge is -2.13. The monoisotopic (exact) mass is 426 g/mol. The number of nitro groups is 1. The van der Waals surface area contributed by atoms with Crippen LogP contribution in [0.2, 0.25) is 0 Å². The van der Waals surface area contributed by atoms with E-state index in [9.17, 15) is 24.5 Å². The number of hydrogen-bond donors (Lipinski definition) is 1. The standard InChI is InChI=1S/C20H18N4O7/c1-3-30-19(26)12(2)31-17-9-8-13(10-16(17)24(28)29)11-21-23-18(25)14-6-4-5-7-15(14)22-20(23)27/h4-12H,3H2,1-2H3,(H,22,27)/t12-/m0/s1. The fourth-order valence-corrected chi connectivity index (χ4v) is 2.74. The molecule has 0 radical (unpaired) electrons. The van der Waals surface area contributed by atoms with Crippen LogP contribution in [0.1, 0.15) is 19.4 Å². The number of ether oxygens (including phenoxy) is 2. The number of nitro benzene ring substituents is 1. The summed E-state index contributed by atoms with van der Waals surface area (Å²) in [6.07, 6.45) is 0.0876. The number of aromatic nitrogens is 2. The summed E-state index contributed by atoms with van der Waals surface area (Å²) in [6.45, 7) is 3.19. The van der Waals surface area contributed by atoms with E-state index >= 15 is 0 Å². The van der Waals surface area contributed by atoms with Crippen molar-refractivity contribution in [2.75, 3.05) is 6.61 Å². The highest BCUT2D eigenvalue weighted by Crippen LogP contribution is 2.28. The lowest BCUT2D eigenvalue weighted by Crippen LogP contribution is -2.32. The average Bonchev–Trinajstić information content (AvgIpc) is 2.74. The Morgan fingerprint density at radius 3 is 2.74 bits per heavy atom. The summed E-state index contributed by atoms with van der Waals surface area (Å²) in [4.78, 5) is 49.7. The van der Waals surface area contributed by atoms with Crippen LogP contribution >= 0.6 is 0 Å². The number of fused-ring (bicyclic) bond motifs is 1. The van der Waals surface area contributed by atoms with Gasteiger partial charge in [-0.1, -0.05) is 12.1 Å². The van der Waals surface area contributed by atoms with Crippen molar-refractivity contribution in [2.45, 2.75) is 20.0 Å². The smallest absolute Gasteiger partial charge is 0.349 e. The third kappa shape index (κ3) is 4.66. The second-order valence-electron chi connectivity index (χ2n) is 6.33. The van der Waals surface area contributed by atoms with Gasteiger partial charge in [-0.3, -0.25) is 14.9 Å². The van der Waals surface area contributed by atoms with Gasteiger partial charge in [0.2, 0.25) is 0 Å². The minimum atomic E-state index is -1.05. The van der Waals surface area contributed by atoms with E-state index in [1.165, 1.54) is 19.1 Å². The second-order valence-corrected chi connectivity index (χ2v) is 6.33. The first-order valence-electron chi connectivity index (χ1n) is 9.22. The fraction of sp³-hybridized carbons (Fsp3) is 0.200. The maximum absolute atomic E-state index is 12.5. The Labute approximate surface area is 174 Å². The summed E-state index contributed by atoms with van der Waals surface area (Å²) in [6, 6.07) is 10.3. The van der Waals surface area contributed by atoms with Gasteiger partial charge in [-0.25, -0.2) is 9.59 Å². The molecular weight excluding hydrogens is 408 g/mol. The number of aromatic amines is 1. The Bertz CT molecular complexity index is 1290. The number of nitrogens with one attached hydrogen (secondary N) is 1. The third-order valence-corrected chi connectivity index (χ3v) is 4.21. The minimum absolute atomic E-state index is 0.136. The molecule has 0 aliphatic heterocycles. The molecule has 2 aromatic carbocycles. The van der Waals surface area contributed by atoms with Gasteiger partial charge >= 0.3 is 17.3 Å². The van der Waals surface area contributed by atoms with Crippen LogP contribution in [-0.2, 0) is 9.53 Å². The van der Waals surface area contributed by atoms with Crippen LogP contribution in [0, 0.1) is 10.1 Å². The third-order valence-electron chi connectivity index (χ3n) is 4.21. The van der Waals surface area contributed by atoms with E-state index in [1.807, 2.05) is 0 Å². The van der Waals surface area contributed by atoms with Crippen molar-refractivity contribution in [1.82, 2.24) is 9.66 Å². The van der Waals surface area contributed by atoms with E-state index in [2.05, 4.69) is 10.1 Å². The van der Waals surface area contributed by atoms with E-state index in [0.717, 1.165) is 12.3 Å². The van der Waals surface area contributed by atoms with Crippen molar-refractivity contribution >= 4 is 28.8 Å². The SMILES string of the molecule is CCOC(=O)[C@H](C)Oc1ccc(C=Nn2c(=O)[nH]c3ccccc3c2=O)cc1[N+](=O)[O-]. The lowest BCUT2D eigenvalue weighted by molar-refractivity contribution is -0.386. The second kappa shape index (κ2) is 9.03. The normalized spacial score (nSPS) is 12.1. The van der Waals surface area contributed by atoms with E-state index in [1.54, 1.807) is 31.2 Å². The number of H-pyrrole nitrogens is 1. The number of rotatable bonds is 7. The summed E-state index contributed by atoms with van der Waals surface area (Å²) in [5.41, 5.74) is -1.19. The Balaban J connectivity index is 1.93. The first kappa shape index (κ1) is 21.4. The Kier molecular flexibility index (Phi) is 6.24. The summed E-state index contributed by atoms with van der Waals surface area (Å²) in [7, 11) is 0. The number of benzene rings is 2. The predicted molar refractivity (Wildman–Crippen MR) is 112 cm³/mol. The number of para-hydroxylation sites is 1. The molecule has 0 saturated carbocycles. The van der Waals surface area contributed by atoms with Crippen LogP contribution in [0.15, 0.2) is 57.2 Å². The van der Waals surface area contributed by atoms with Gasteiger partial charge in [0.1, 0.15) is 0 Å². The topological polar surface area (TPSA) is 146 Å². The van der Waals surface area contributed by atoms with Crippen molar-refractivity contribution in [3.8, 4) is 5.75 Å². The Hall–Kier alpha value is -4.28. The van der Waals surface area contributed by atoms with Gasteiger partial charge in [0.15, 0.2) is 11.9 Å². The van der Waals surface area contributed by atoms with Gasteiger partial charge in [-0.05, 0) is 38.1 Å². The van der Waals surface area contributed by atoms with Gasteiger partial charge in [0.25, 0.3) is 5.56 Å². The Morgan fingerprint density at radius 2 is 2.03 bits per heavy atom. The summed E-state index contributed by atoms with van der Waals surface area (Å²) >= 11 is 0. The van der Waals surface area contributed by atoms with Crippen molar-refractivity contribution in [2.24, 2.45) is 5.10 Å². The van der Waals surface area contributed by atoms with E-state index in [0.29, 0.717) is 10.2 Å². The lowest BCUT2D eigenvalue weighted by atomic mass is 10.2. The maximum Gasteiger partial charge on any atom is 0.349 e. The number of esters is 1. The molecule has 1 aromatic heterocycles. The molecule has 31 heavy (non-hydrogen) atoms. The van der Waals surface area contributed by atoms with Crippen LogP contribution in [-0.4, -0.2) is 39.5 Å². The molecule has 0 aliphatic carbocycles. The molecule has 0 saturated heterocycles. The Morgan fingerprint density at radius 1 is 1.29 bits per heavy atom. The molecule has 0 bridgehead atoms. The molecule has 11 heteroatoms. The highest BCUT2D eigenvalue weighted by Gasteiger charge is 2.22. The van der Waals surface area contributed by atoms with E-state index < -0.39 is 33.9 Å². The summed E-state index contributed by atoms with van der Waals surface area (Å²) in [5, 5.41) is 15.6. The van der Waals surface area contributed by atoms with Crippen molar-refractivity contribution in [3.63, 3.8) is 0 Å². The molecule has 3 aromatic rings. The van der Waals surface area contributed by atoms with E-state index in [4.69, 9.17) is 9.47 Å². The maximum atomic E-state index is 12.5. The molecular formula is C20H18N4O7. The van der Waals surface area contributed by atoms with Crippen LogP contribution < -0.4 is 16.0 Å². The van der Waals surface area contributed by atoms with Gasteiger partial charge in [-0.15, -0.1) is 4.68 Å². The minimum Gasteiger partial charge on any atom is -0.472 e. The highest BCUT2D eigenvalue weighted by molar-refractivity contribution is 5.82. The molecule has 3 rings (SSSR count). The predicted octanol–water partition coefficient (Wildman–Crippen LogP) is 1.81. The molecule has 160 valence electrons. The van der Waals surface area contributed by atoms with Crippen LogP contribution in [0.3, 0.4) is 0 Å². The summed E-state index contributed by atoms with van der Waals surface area (Å²) < 4.78 is 10.8. The molecule has 0 unspecified atom stereocenters. The van der Waals surface area contributed by atoms with Crippen LogP contribution in [0.25, 0.3) is 10.9 Å². The number of hydrogen-bond acceptors (Lipinski definition) is 8. The van der Waals surface area contributed by atoms with Crippen LogP contribution in [0.4, 0.5) is 5.69 Å². The number of carbonyl (C=O) groups excluding carboxylic acids is 1. The number of nitrogens with zero attached hydrogens (tertiary/aromatic N) is 3. The van der Waals surface area contributed by atoms with Gasteiger partial charge in [0, 0.05) is 11.6 Å². The first-order valence-corrected chi connectivity index (χ1v) is 9.22. The zero-order valence-electron chi connectivity index (χ0n) is 16.6. The average molecular weight is 426 g/mol. The van der Waals surface area contributed by atoms with Crippen molar-refractivity contribution in [3.05, 3.63) is 79.0 Å².